The summed E-state index contributed by atoms with van der Waals surface area (Å²) in [5.74, 6) is 0. The van der Waals surface area contributed by atoms with Crippen LogP contribution in [0.25, 0.3) is 27.5 Å². The standard InChI is InChI=1S/C22H21N/c1-14-9-10-19-18-7-5-6-8-20(18)23(21(19)13-14)22-16(3)11-15(2)12-17(22)4/h5-13H,1-4H3. The highest BCUT2D eigenvalue weighted by Gasteiger charge is 2.15. The maximum Gasteiger partial charge on any atom is 0.0543 e. The van der Waals surface area contributed by atoms with Crippen molar-refractivity contribution in [3.63, 3.8) is 0 Å². The molecule has 1 heteroatoms. The van der Waals surface area contributed by atoms with Crippen LogP contribution in [-0.2, 0) is 0 Å². The lowest BCUT2D eigenvalue weighted by molar-refractivity contribution is 1.11. The van der Waals surface area contributed by atoms with Crippen molar-refractivity contribution in [2.24, 2.45) is 0 Å². The van der Waals surface area contributed by atoms with Gasteiger partial charge in [-0.3, -0.25) is 0 Å². The molecule has 0 atom stereocenters. The van der Waals surface area contributed by atoms with Crippen molar-refractivity contribution < 1.29 is 0 Å². The number of hydrogen-bond donors (Lipinski definition) is 0. The Balaban J connectivity index is 2.24. The molecule has 4 aromatic rings. The third-order valence-electron chi connectivity index (χ3n) is 4.69. The third kappa shape index (κ3) is 2.08. The van der Waals surface area contributed by atoms with E-state index in [4.69, 9.17) is 0 Å². The zero-order valence-electron chi connectivity index (χ0n) is 14.1. The van der Waals surface area contributed by atoms with Crippen LogP contribution in [0.3, 0.4) is 0 Å². The molecular weight excluding hydrogens is 278 g/mol. The molecule has 0 spiro atoms. The summed E-state index contributed by atoms with van der Waals surface area (Å²) in [6, 6.07) is 20.0. The molecule has 1 aromatic heterocycles. The molecule has 0 bridgehead atoms. The Labute approximate surface area is 137 Å². The van der Waals surface area contributed by atoms with Gasteiger partial charge in [-0.1, -0.05) is 48.0 Å². The molecule has 0 aliphatic carbocycles. The molecule has 0 N–H and O–H groups in total. The Morgan fingerprint density at radius 2 is 1.26 bits per heavy atom. The fourth-order valence-corrected chi connectivity index (χ4v) is 3.85. The normalized spacial score (nSPS) is 11.5. The fourth-order valence-electron chi connectivity index (χ4n) is 3.85. The number of para-hydroxylation sites is 1. The highest BCUT2D eigenvalue weighted by molar-refractivity contribution is 6.09. The summed E-state index contributed by atoms with van der Waals surface area (Å²) in [5.41, 5.74) is 9.15. The van der Waals surface area contributed by atoms with Gasteiger partial charge in [0, 0.05) is 10.8 Å². The van der Waals surface area contributed by atoms with Gasteiger partial charge >= 0.3 is 0 Å². The molecule has 0 saturated heterocycles. The van der Waals surface area contributed by atoms with Crippen molar-refractivity contribution in [1.82, 2.24) is 4.57 Å². The van der Waals surface area contributed by atoms with Crippen LogP contribution in [0.2, 0.25) is 0 Å². The Hall–Kier alpha value is -2.54. The Kier molecular flexibility index (Phi) is 3.05. The smallest absolute Gasteiger partial charge is 0.0543 e. The maximum absolute atomic E-state index is 2.43. The number of nitrogens with zero attached hydrogens (tertiary/aromatic N) is 1. The second kappa shape index (κ2) is 4.99. The van der Waals surface area contributed by atoms with E-state index in [-0.39, 0.29) is 0 Å². The van der Waals surface area contributed by atoms with E-state index in [2.05, 4.69) is 86.9 Å². The van der Waals surface area contributed by atoms with Gasteiger partial charge in [0.15, 0.2) is 0 Å². The average Bonchev–Trinajstić information content (AvgIpc) is 2.81. The van der Waals surface area contributed by atoms with Gasteiger partial charge in [-0.15, -0.1) is 0 Å². The van der Waals surface area contributed by atoms with Crippen molar-refractivity contribution in [2.75, 3.05) is 0 Å². The van der Waals surface area contributed by atoms with Crippen LogP contribution in [0, 0.1) is 27.7 Å². The van der Waals surface area contributed by atoms with Gasteiger partial charge in [0.1, 0.15) is 0 Å². The molecule has 0 aliphatic rings. The molecule has 4 rings (SSSR count). The number of benzene rings is 3. The van der Waals surface area contributed by atoms with Crippen LogP contribution in [0.4, 0.5) is 0 Å². The van der Waals surface area contributed by atoms with E-state index in [9.17, 15) is 0 Å². The summed E-state index contributed by atoms with van der Waals surface area (Å²) in [4.78, 5) is 0. The van der Waals surface area contributed by atoms with Crippen LogP contribution >= 0.6 is 0 Å². The molecule has 0 amide bonds. The first-order chi connectivity index (χ1) is 11.1. The number of hydrogen-bond acceptors (Lipinski definition) is 0. The topological polar surface area (TPSA) is 4.93 Å². The molecule has 3 aromatic carbocycles. The van der Waals surface area contributed by atoms with E-state index < -0.39 is 0 Å². The molecule has 0 radical (unpaired) electrons. The average molecular weight is 299 g/mol. The van der Waals surface area contributed by atoms with E-state index in [0.717, 1.165) is 0 Å². The predicted octanol–water partition coefficient (Wildman–Crippen LogP) is 6.02. The van der Waals surface area contributed by atoms with E-state index in [1.807, 2.05) is 0 Å². The van der Waals surface area contributed by atoms with Gasteiger partial charge in [0.25, 0.3) is 0 Å². The quantitative estimate of drug-likeness (QED) is 0.405. The molecule has 0 fully saturated rings. The highest BCUT2D eigenvalue weighted by Crippen LogP contribution is 2.34. The number of rotatable bonds is 1. The van der Waals surface area contributed by atoms with Crippen LogP contribution in [-0.4, -0.2) is 4.57 Å². The fraction of sp³-hybridized carbons (Fsp3) is 0.182. The minimum atomic E-state index is 1.28. The summed E-state index contributed by atoms with van der Waals surface area (Å²) >= 11 is 0. The van der Waals surface area contributed by atoms with Crippen LogP contribution < -0.4 is 0 Å². The Bertz CT molecular complexity index is 1030. The Morgan fingerprint density at radius 1 is 0.609 bits per heavy atom. The van der Waals surface area contributed by atoms with Crippen molar-refractivity contribution >= 4 is 21.8 Å². The SMILES string of the molecule is Cc1cc(C)c(-n2c3ccccc3c3ccc(C)cc32)c(C)c1. The molecule has 0 saturated carbocycles. The third-order valence-corrected chi connectivity index (χ3v) is 4.69. The summed E-state index contributed by atoms with van der Waals surface area (Å²) < 4.78 is 2.43. The summed E-state index contributed by atoms with van der Waals surface area (Å²) in [6.45, 7) is 8.76. The van der Waals surface area contributed by atoms with Gasteiger partial charge in [-0.25, -0.2) is 0 Å². The maximum atomic E-state index is 2.43. The predicted molar refractivity (Wildman–Crippen MR) is 99.7 cm³/mol. The number of aromatic nitrogens is 1. The van der Waals surface area contributed by atoms with Crippen molar-refractivity contribution in [2.45, 2.75) is 27.7 Å². The zero-order chi connectivity index (χ0) is 16.1. The lowest BCUT2D eigenvalue weighted by atomic mass is 10.0. The van der Waals surface area contributed by atoms with Crippen molar-refractivity contribution in [3.8, 4) is 5.69 Å². The van der Waals surface area contributed by atoms with E-state index in [0.29, 0.717) is 0 Å². The van der Waals surface area contributed by atoms with Gasteiger partial charge in [-0.2, -0.15) is 0 Å². The minimum Gasteiger partial charge on any atom is -0.309 e. The molecule has 23 heavy (non-hydrogen) atoms. The zero-order valence-corrected chi connectivity index (χ0v) is 14.1. The Morgan fingerprint density at radius 3 is 2.00 bits per heavy atom. The monoisotopic (exact) mass is 299 g/mol. The summed E-state index contributed by atoms with van der Waals surface area (Å²) in [6.07, 6.45) is 0. The second-order valence-corrected chi connectivity index (χ2v) is 6.62. The van der Waals surface area contributed by atoms with Crippen LogP contribution in [0.5, 0.6) is 0 Å². The van der Waals surface area contributed by atoms with E-state index >= 15 is 0 Å². The van der Waals surface area contributed by atoms with Gasteiger partial charge in [0.05, 0.1) is 16.7 Å². The molecule has 0 unspecified atom stereocenters. The van der Waals surface area contributed by atoms with Crippen molar-refractivity contribution in [3.05, 3.63) is 76.9 Å². The largest absolute Gasteiger partial charge is 0.309 e. The summed E-state index contributed by atoms with van der Waals surface area (Å²) in [7, 11) is 0. The lowest BCUT2D eigenvalue weighted by Gasteiger charge is -2.15. The molecule has 114 valence electrons. The minimum absolute atomic E-state index is 1.28. The highest BCUT2D eigenvalue weighted by atomic mass is 15.0. The van der Waals surface area contributed by atoms with Crippen molar-refractivity contribution in [1.29, 1.82) is 0 Å². The van der Waals surface area contributed by atoms with E-state index in [1.54, 1.807) is 0 Å². The first-order valence-corrected chi connectivity index (χ1v) is 8.14. The molecule has 1 heterocycles. The van der Waals surface area contributed by atoms with Gasteiger partial charge in [-0.05, 0) is 56.5 Å². The van der Waals surface area contributed by atoms with Crippen LogP contribution in [0.1, 0.15) is 22.3 Å². The first kappa shape index (κ1) is 14.1. The van der Waals surface area contributed by atoms with E-state index in [1.165, 1.54) is 49.7 Å². The first-order valence-electron chi connectivity index (χ1n) is 8.14. The molecular formula is C22H21N. The van der Waals surface area contributed by atoms with Gasteiger partial charge < -0.3 is 4.57 Å². The van der Waals surface area contributed by atoms with Crippen LogP contribution in [0.15, 0.2) is 54.6 Å². The summed E-state index contributed by atoms with van der Waals surface area (Å²) in [5, 5.41) is 2.65. The second-order valence-electron chi connectivity index (χ2n) is 6.62. The molecule has 0 aliphatic heterocycles. The molecule has 1 nitrogen and oxygen atoms in total. The number of aryl methyl sites for hydroxylation is 4. The van der Waals surface area contributed by atoms with Gasteiger partial charge in [0.2, 0.25) is 0 Å². The lowest BCUT2D eigenvalue weighted by Crippen LogP contribution is -2.01. The number of fused-ring (bicyclic) bond motifs is 3.